The third-order valence-electron chi connectivity index (χ3n) is 3.82. The second-order valence-corrected chi connectivity index (χ2v) is 5.66. The van der Waals surface area contributed by atoms with Gasteiger partial charge in [-0.3, -0.25) is 4.90 Å². The van der Waals surface area contributed by atoms with Gasteiger partial charge in [0.2, 0.25) is 5.89 Å². The molecule has 2 aromatic rings. The maximum atomic E-state index is 5.24. The lowest BCUT2D eigenvalue weighted by molar-refractivity contribution is 0.222. The molecule has 1 aliphatic rings. The zero-order valence-electron chi connectivity index (χ0n) is 12.5. The van der Waals surface area contributed by atoms with Crippen molar-refractivity contribution in [1.29, 1.82) is 0 Å². The monoisotopic (exact) mass is 286 g/mol. The number of benzene rings is 1. The first-order valence-corrected chi connectivity index (χ1v) is 7.58. The van der Waals surface area contributed by atoms with Gasteiger partial charge in [-0.15, -0.1) is 0 Å². The summed E-state index contributed by atoms with van der Waals surface area (Å²) in [6.07, 6.45) is 2.21. The van der Waals surface area contributed by atoms with Crippen molar-refractivity contribution in [2.24, 2.45) is 0 Å². The summed E-state index contributed by atoms with van der Waals surface area (Å²) in [7, 11) is 0. The Morgan fingerprint density at radius 3 is 2.95 bits per heavy atom. The number of aryl methyl sites for hydroxylation is 1. The molecule has 1 N–H and O–H groups in total. The van der Waals surface area contributed by atoms with E-state index < -0.39 is 0 Å². The van der Waals surface area contributed by atoms with Gasteiger partial charge in [0.25, 0.3) is 0 Å². The molecular formula is C16H22N4O. The Kier molecular flexibility index (Phi) is 4.62. The second kappa shape index (κ2) is 6.83. The van der Waals surface area contributed by atoms with E-state index in [0.717, 1.165) is 39.0 Å². The van der Waals surface area contributed by atoms with Crippen LogP contribution in [0.5, 0.6) is 0 Å². The fraction of sp³-hybridized carbons (Fsp3) is 0.500. The lowest BCUT2D eigenvalue weighted by Crippen LogP contribution is -2.39. The van der Waals surface area contributed by atoms with Crippen LogP contribution in [-0.2, 0) is 13.0 Å². The smallest absolute Gasteiger partial charge is 0.240 e. The van der Waals surface area contributed by atoms with Crippen molar-refractivity contribution in [2.45, 2.75) is 32.4 Å². The van der Waals surface area contributed by atoms with Gasteiger partial charge >= 0.3 is 0 Å². The topological polar surface area (TPSA) is 54.2 Å². The Balaban J connectivity index is 1.60. The van der Waals surface area contributed by atoms with E-state index in [1.165, 1.54) is 5.56 Å². The number of nitrogens with one attached hydrogen (secondary N) is 1. The number of hydrogen-bond acceptors (Lipinski definition) is 5. The van der Waals surface area contributed by atoms with Crippen molar-refractivity contribution < 1.29 is 4.52 Å². The lowest BCUT2D eigenvalue weighted by Gasteiger charge is -2.23. The van der Waals surface area contributed by atoms with Crippen molar-refractivity contribution >= 4 is 0 Å². The van der Waals surface area contributed by atoms with E-state index in [1.54, 1.807) is 0 Å². The highest BCUT2D eigenvalue weighted by Gasteiger charge is 2.19. The molecule has 0 amide bonds. The minimum absolute atomic E-state index is 0.471. The molecule has 0 saturated carbocycles. The molecule has 1 atom stereocenters. The van der Waals surface area contributed by atoms with Gasteiger partial charge in [-0.05, 0) is 38.4 Å². The first-order valence-electron chi connectivity index (χ1n) is 7.58. The second-order valence-electron chi connectivity index (χ2n) is 5.66. The molecule has 0 radical (unpaired) electrons. The highest BCUT2D eigenvalue weighted by Crippen LogP contribution is 2.10. The molecule has 5 nitrogen and oxygen atoms in total. The molecule has 2 heterocycles. The molecule has 1 unspecified atom stereocenters. The van der Waals surface area contributed by atoms with Crippen LogP contribution in [-0.4, -0.2) is 40.7 Å². The summed E-state index contributed by atoms with van der Waals surface area (Å²) in [6, 6.07) is 11.1. The molecule has 3 rings (SSSR count). The normalized spacial score (nSPS) is 20.3. The maximum Gasteiger partial charge on any atom is 0.240 e. The van der Waals surface area contributed by atoms with Gasteiger partial charge in [-0.2, -0.15) is 4.98 Å². The molecule has 1 saturated heterocycles. The molecular weight excluding hydrogens is 264 g/mol. The third kappa shape index (κ3) is 4.12. The fourth-order valence-electron chi connectivity index (χ4n) is 2.85. The lowest BCUT2D eigenvalue weighted by atomic mass is 10.1. The Morgan fingerprint density at radius 1 is 1.33 bits per heavy atom. The standard InChI is InChI=1S/C16H22N4O/c1-13-18-16(21-19-13)12-20-9-5-8-17-15(11-20)10-14-6-3-2-4-7-14/h2-4,6-7,15,17H,5,8-12H2,1H3. The zero-order chi connectivity index (χ0) is 14.5. The van der Waals surface area contributed by atoms with Crippen molar-refractivity contribution in [3.05, 3.63) is 47.6 Å². The van der Waals surface area contributed by atoms with Crippen LogP contribution in [0, 0.1) is 6.92 Å². The van der Waals surface area contributed by atoms with Crippen molar-refractivity contribution in [1.82, 2.24) is 20.4 Å². The predicted octanol–water partition coefficient (Wildman–Crippen LogP) is 1.78. The Bertz CT molecular complexity index is 554. The van der Waals surface area contributed by atoms with Crippen LogP contribution in [0.2, 0.25) is 0 Å². The Hall–Kier alpha value is -1.72. The van der Waals surface area contributed by atoms with Crippen LogP contribution in [0.25, 0.3) is 0 Å². The number of nitrogens with zero attached hydrogens (tertiary/aromatic N) is 3. The zero-order valence-corrected chi connectivity index (χ0v) is 12.5. The van der Waals surface area contributed by atoms with Crippen molar-refractivity contribution in [3.63, 3.8) is 0 Å². The maximum absolute atomic E-state index is 5.24. The van der Waals surface area contributed by atoms with Gasteiger partial charge < -0.3 is 9.84 Å². The predicted molar refractivity (Wildman–Crippen MR) is 80.9 cm³/mol. The van der Waals surface area contributed by atoms with Gasteiger partial charge in [0, 0.05) is 12.6 Å². The van der Waals surface area contributed by atoms with Crippen LogP contribution in [0.1, 0.15) is 23.7 Å². The summed E-state index contributed by atoms with van der Waals surface area (Å²) in [5.41, 5.74) is 1.38. The van der Waals surface area contributed by atoms with Gasteiger partial charge in [0.15, 0.2) is 5.82 Å². The average Bonchev–Trinajstić information content (AvgIpc) is 2.76. The minimum atomic E-state index is 0.471. The van der Waals surface area contributed by atoms with E-state index in [2.05, 4.69) is 50.7 Å². The van der Waals surface area contributed by atoms with E-state index in [0.29, 0.717) is 17.8 Å². The van der Waals surface area contributed by atoms with Gasteiger partial charge in [0.05, 0.1) is 6.54 Å². The fourth-order valence-corrected chi connectivity index (χ4v) is 2.85. The van der Waals surface area contributed by atoms with E-state index in [4.69, 9.17) is 4.52 Å². The van der Waals surface area contributed by atoms with Crippen LogP contribution in [0.4, 0.5) is 0 Å². The number of hydrogen-bond donors (Lipinski definition) is 1. The first-order chi connectivity index (χ1) is 10.3. The SMILES string of the molecule is Cc1noc(CN2CCCNC(Cc3ccccc3)C2)n1. The molecule has 0 aliphatic carbocycles. The van der Waals surface area contributed by atoms with E-state index in [-0.39, 0.29) is 0 Å². The molecule has 1 aromatic carbocycles. The summed E-state index contributed by atoms with van der Waals surface area (Å²) >= 11 is 0. The summed E-state index contributed by atoms with van der Waals surface area (Å²) in [4.78, 5) is 6.71. The molecule has 21 heavy (non-hydrogen) atoms. The van der Waals surface area contributed by atoms with Gasteiger partial charge in [0.1, 0.15) is 0 Å². The summed E-state index contributed by atoms with van der Waals surface area (Å²) in [6.45, 7) is 5.75. The van der Waals surface area contributed by atoms with E-state index in [9.17, 15) is 0 Å². The largest absolute Gasteiger partial charge is 0.338 e. The summed E-state index contributed by atoms with van der Waals surface area (Å²) < 4.78 is 5.24. The molecule has 112 valence electrons. The van der Waals surface area contributed by atoms with Crippen LogP contribution in [0.15, 0.2) is 34.9 Å². The molecule has 1 aromatic heterocycles. The molecule has 0 bridgehead atoms. The Labute approximate surface area is 125 Å². The highest BCUT2D eigenvalue weighted by atomic mass is 16.5. The molecule has 0 spiro atoms. The highest BCUT2D eigenvalue weighted by molar-refractivity contribution is 5.16. The first kappa shape index (κ1) is 14.2. The van der Waals surface area contributed by atoms with Crippen molar-refractivity contribution in [3.8, 4) is 0 Å². The quantitative estimate of drug-likeness (QED) is 0.928. The van der Waals surface area contributed by atoms with E-state index in [1.807, 2.05) is 6.92 Å². The molecule has 1 fully saturated rings. The average molecular weight is 286 g/mol. The summed E-state index contributed by atoms with van der Waals surface area (Å²) in [5.74, 6) is 1.42. The minimum Gasteiger partial charge on any atom is -0.338 e. The molecule has 1 aliphatic heterocycles. The third-order valence-corrected chi connectivity index (χ3v) is 3.82. The molecule has 5 heteroatoms. The van der Waals surface area contributed by atoms with Gasteiger partial charge in [-0.25, -0.2) is 0 Å². The van der Waals surface area contributed by atoms with Crippen LogP contribution < -0.4 is 5.32 Å². The summed E-state index contributed by atoms with van der Waals surface area (Å²) in [5, 5.41) is 7.51. The van der Waals surface area contributed by atoms with Crippen LogP contribution >= 0.6 is 0 Å². The van der Waals surface area contributed by atoms with Crippen molar-refractivity contribution in [2.75, 3.05) is 19.6 Å². The number of rotatable bonds is 4. The Morgan fingerprint density at radius 2 is 2.19 bits per heavy atom. The number of aromatic nitrogens is 2. The van der Waals surface area contributed by atoms with E-state index >= 15 is 0 Å². The van der Waals surface area contributed by atoms with Crippen LogP contribution in [0.3, 0.4) is 0 Å². The van der Waals surface area contributed by atoms with Gasteiger partial charge in [-0.1, -0.05) is 35.5 Å².